The highest BCUT2D eigenvalue weighted by Gasteiger charge is 2.26. The topological polar surface area (TPSA) is 32.3 Å². The molecule has 0 aromatic heterocycles. The van der Waals surface area contributed by atoms with Crippen molar-refractivity contribution in [1.82, 2.24) is 10.2 Å². The molecule has 4 heteroatoms. The number of carbonyl (C=O) groups excluding carboxylic acids is 1. The number of halogens is 1. The van der Waals surface area contributed by atoms with Crippen molar-refractivity contribution in [2.45, 2.75) is 12.6 Å². The molecule has 0 aliphatic carbocycles. The maximum Gasteiger partial charge on any atom is 0.241 e. The van der Waals surface area contributed by atoms with Gasteiger partial charge in [-0.15, -0.1) is 6.58 Å². The van der Waals surface area contributed by atoms with E-state index in [1.807, 2.05) is 35.2 Å². The van der Waals surface area contributed by atoms with Crippen molar-refractivity contribution in [3.05, 3.63) is 84.2 Å². The number of amides is 1. The fourth-order valence-electron chi connectivity index (χ4n) is 2.55. The van der Waals surface area contributed by atoms with Crippen LogP contribution in [0.25, 0.3) is 0 Å². The molecular formula is C19H21FN2O. The van der Waals surface area contributed by atoms with Gasteiger partial charge in [0.15, 0.2) is 0 Å². The summed E-state index contributed by atoms with van der Waals surface area (Å²) in [5, 5.41) is 2.69. The first kappa shape index (κ1) is 16.9. The second kappa shape index (κ2) is 8.25. The predicted molar refractivity (Wildman–Crippen MR) is 90.3 cm³/mol. The summed E-state index contributed by atoms with van der Waals surface area (Å²) in [5.41, 5.74) is 1.86. The van der Waals surface area contributed by atoms with Crippen molar-refractivity contribution in [3.8, 4) is 0 Å². The van der Waals surface area contributed by atoms with E-state index in [9.17, 15) is 9.18 Å². The van der Waals surface area contributed by atoms with Crippen molar-refractivity contribution in [1.29, 1.82) is 0 Å². The second-order valence-corrected chi connectivity index (χ2v) is 5.27. The Bertz CT molecular complexity index is 640. The van der Waals surface area contributed by atoms with Crippen LogP contribution in [0.4, 0.5) is 4.39 Å². The maximum atomic E-state index is 13.2. The lowest BCUT2D eigenvalue weighted by Gasteiger charge is -2.30. The molecule has 0 aliphatic heterocycles. The molecule has 2 aromatic carbocycles. The Morgan fingerprint density at radius 1 is 1.22 bits per heavy atom. The summed E-state index contributed by atoms with van der Waals surface area (Å²) < 4.78 is 13.2. The zero-order valence-corrected chi connectivity index (χ0v) is 13.2. The molecule has 1 N–H and O–H groups in total. The minimum absolute atomic E-state index is 0.130. The van der Waals surface area contributed by atoms with Gasteiger partial charge in [-0.25, -0.2) is 4.39 Å². The van der Waals surface area contributed by atoms with Gasteiger partial charge in [-0.1, -0.05) is 48.5 Å². The van der Waals surface area contributed by atoms with E-state index in [2.05, 4.69) is 11.9 Å². The molecule has 120 valence electrons. The van der Waals surface area contributed by atoms with Crippen molar-refractivity contribution < 1.29 is 9.18 Å². The minimum atomic E-state index is -0.501. The van der Waals surface area contributed by atoms with Crippen LogP contribution in [0.5, 0.6) is 0 Å². The molecule has 23 heavy (non-hydrogen) atoms. The van der Waals surface area contributed by atoms with Crippen LogP contribution in [-0.2, 0) is 11.3 Å². The molecule has 0 bridgehead atoms. The molecule has 2 rings (SSSR count). The molecule has 0 fully saturated rings. The molecule has 1 unspecified atom stereocenters. The number of benzene rings is 2. The van der Waals surface area contributed by atoms with Crippen LogP contribution in [-0.4, -0.2) is 24.4 Å². The molecule has 0 radical (unpaired) electrons. The summed E-state index contributed by atoms with van der Waals surface area (Å²) in [5.74, 6) is -0.447. The highest BCUT2D eigenvalue weighted by Crippen LogP contribution is 2.23. The zero-order chi connectivity index (χ0) is 16.7. The molecule has 0 heterocycles. The van der Waals surface area contributed by atoms with Gasteiger partial charge in [0, 0.05) is 20.1 Å². The van der Waals surface area contributed by atoms with Crippen molar-refractivity contribution in [2.24, 2.45) is 0 Å². The molecule has 1 amide bonds. The molecule has 0 saturated carbocycles. The van der Waals surface area contributed by atoms with Crippen molar-refractivity contribution >= 4 is 5.91 Å². The van der Waals surface area contributed by atoms with E-state index in [0.29, 0.717) is 13.1 Å². The monoisotopic (exact) mass is 312 g/mol. The Balaban J connectivity index is 2.34. The van der Waals surface area contributed by atoms with Gasteiger partial charge in [0.05, 0.1) is 0 Å². The number of hydrogen-bond acceptors (Lipinski definition) is 2. The van der Waals surface area contributed by atoms with Gasteiger partial charge in [0.2, 0.25) is 5.91 Å². The van der Waals surface area contributed by atoms with Crippen molar-refractivity contribution in [2.75, 3.05) is 13.6 Å². The molecule has 1 atom stereocenters. The summed E-state index contributed by atoms with van der Waals surface area (Å²) >= 11 is 0. The largest absolute Gasteiger partial charge is 0.358 e. The number of carbonyl (C=O) groups is 1. The van der Waals surface area contributed by atoms with Gasteiger partial charge in [0.25, 0.3) is 0 Å². The normalized spacial score (nSPS) is 12.0. The standard InChI is InChI=1S/C19H21FN2O/c1-3-13-22(14-15-7-5-4-6-8-15)18(19(23)21-2)16-9-11-17(20)12-10-16/h3-12,18H,1,13-14H2,2H3,(H,21,23). The van der Waals surface area contributed by atoms with Gasteiger partial charge in [-0.2, -0.15) is 0 Å². The molecule has 2 aromatic rings. The van der Waals surface area contributed by atoms with Crippen molar-refractivity contribution in [3.63, 3.8) is 0 Å². The lowest BCUT2D eigenvalue weighted by atomic mass is 10.0. The number of nitrogens with one attached hydrogen (secondary N) is 1. The molecule has 0 spiro atoms. The molecule has 0 saturated heterocycles. The highest BCUT2D eigenvalue weighted by molar-refractivity contribution is 5.83. The van der Waals surface area contributed by atoms with Gasteiger partial charge < -0.3 is 5.32 Å². The lowest BCUT2D eigenvalue weighted by Crippen LogP contribution is -2.39. The van der Waals surface area contributed by atoms with Gasteiger partial charge >= 0.3 is 0 Å². The number of nitrogens with zero attached hydrogens (tertiary/aromatic N) is 1. The Morgan fingerprint density at radius 2 is 1.87 bits per heavy atom. The molecule has 0 aliphatic rings. The Hall–Kier alpha value is -2.46. The van der Waals surface area contributed by atoms with Crippen LogP contribution in [0.15, 0.2) is 67.3 Å². The first-order valence-corrected chi connectivity index (χ1v) is 7.51. The molecule has 3 nitrogen and oxygen atoms in total. The summed E-state index contributed by atoms with van der Waals surface area (Å²) in [6.45, 7) is 4.93. The van der Waals surface area contributed by atoms with Crippen LogP contribution in [0.1, 0.15) is 17.2 Å². The highest BCUT2D eigenvalue weighted by atomic mass is 19.1. The Kier molecular flexibility index (Phi) is 6.06. The zero-order valence-electron chi connectivity index (χ0n) is 13.2. The fraction of sp³-hybridized carbons (Fsp3) is 0.211. The summed E-state index contributed by atoms with van der Waals surface area (Å²) in [4.78, 5) is 14.4. The Labute approximate surface area is 136 Å². The predicted octanol–water partition coefficient (Wildman–Crippen LogP) is 3.30. The third-order valence-corrected chi connectivity index (χ3v) is 3.64. The van der Waals surface area contributed by atoms with E-state index in [4.69, 9.17) is 0 Å². The summed E-state index contributed by atoms with van der Waals surface area (Å²) in [6.07, 6.45) is 1.77. The minimum Gasteiger partial charge on any atom is -0.358 e. The van der Waals surface area contributed by atoms with Crippen LogP contribution < -0.4 is 5.32 Å². The SMILES string of the molecule is C=CCN(Cc1ccccc1)C(C(=O)NC)c1ccc(F)cc1. The average molecular weight is 312 g/mol. The average Bonchev–Trinajstić information content (AvgIpc) is 2.57. The van der Waals surface area contributed by atoms with Gasteiger partial charge in [-0.3, -0.25) is 9.69 Å². The molecular weight excluding hydrogens is 291 g/mol. The second-order valence-electron chi connectivity index (χ2n) is 5.27. The number of hydrogen-bond donors (Lipinski definition) is 1. The fourth-order valence-corrected chi connectivity index (χ4v) is 2.55. The Morgan fingerprint density at radius 3 is 2.43 bits per heavy atom. The van der Waals surface area contributed by atoms with Crippen LogP contribution >= 0.6 is 0 Å². The van der Waals surface area contributed by atoms with E-state index in [-0.39, 0.29) is 11.7 Å². The smallest absolute Gasteiger partial charge is 0.241 e. The number of likely N-dealkylation sites (N-methyl/N-ethyl adjacent to an activating group) is 1. The lowest BCUT2D eigenvalue weighted by molar-refractivity contribution is -0.126. The van der Waals surface area contributed by atoms with Crippen LogP contribution in [0.3, 0.4) is 0 Å². The van der Waals surface area contributed by atoms with Gasteiger partial charge in [0.1, 0.15) is 11.9 Å². The third kappa shape index (κ3) is 4.50. The number of rotatable bonds is 7. The van der Waals surface area contributed by atoms with E-state index in [1.165, 1.54) is 12.1 Å². The van der Waals surface area contributed by atoms with E-state index in [0.717, 1.165) is 11.1 Å². The third-order valence-electron chi connectivity index (χ3n) is 3.64. The van der Waals surface area contributed by atoms with Crippen LogP contribution in [0.2, 0.25) is 0 Å². The summed E-state index contributed by atoms with van der Waals surface area (Å²) in [7, 11) is 1.60. The quantitative estimate of drug-likeness (QED) is 0.796. The van der Waals surface area contributed by atoms with E-state index >= 15 is 0 Å². The maximum absolute atomic E-state index is 13.2. The summed E-state index contributed by atoms with van der Waals surface area (Å²) in [6, 6.07) is 15.5. The van der Waals surface area contributed by atoms with E-state index in [1.54, 1.807) is 25.3 Å². The van der Waals surface area contributed by atoms with Gasteiger partial charge in [-0.05, 0) is 23.3 Å². The first-order chi connectivity index (χ1) is 11.2. The van der Waals surface area contributed by atoms with Crippen LogP contribution in [0, 0.1) is 5.82 Å². The van der Waals surface area contributed by atoms with E-state index < -0.39 is 6.04 Å². The first-order valence-electron chi connectivity index (χ1n) is 7.51.